The van der Waals surface area contributed by atoms with Gasteiger partial charge >= 0.3 is 0 Å². The third-order valence-electron chi connectivity index (χ3n) is 4.86. The van der Waals surface area contributed by atoms with E-state index in [0.29, 0.717) is 35.7 Å². The molecule has 2 heterocycles. The number of hydrogen-bond donors (Lipinski definition) is 1. The fourth-order valence-corrected chi connectivity index (χ4v) is 3.38. The number of ether oxygens (including phenoxy) is 1. The van der Waals surface area contributed by atoms with Crippen LogP contribution in [0.2, 0.25) is 0 Å². The molecule has 0 bridgehead atoms. The van der Waals surface area contributed by atoms with E-state index in [1.807, 2.05) is 13.0 Å². The first-order valence-corrected chi connectivity index (χ1v) is 9.37. The number of aromatic nitrogens is 4. The molecule has 7 heteroatoms. The zero-order valence-electron chi connectivity index (χ0n) is 15.5. The topological polar surface area (TPSA) is 81.0 Å². The third kappa shape index (κ3) is 3.93. The van der Waals surface area contributed by atoms with Gasteiger partial charge in [0.2, 0.25) is 5.88 Å². The molecule has 0 aliphatic heterocycles. The van der Waals surface area contributed by atoms with Gasteiger partial charge in [0.05, 0.1) is 23.3 Å². The molecule has 1 fully saturated rings. The lowest BCUT2D eigenvalue weighted by atomic mass is 9.96. The Bertz CT molecular complexity index is 965. The molecule has 1 N–H and O–H groups in total. The maximum Gasteiger partial charge on any atom is 0.233 e. The van der Waals surface area contributed by atoms with E-state index in [4.69, 9.17) is 4.74 Å². The van der Waals surface area contributed by atoms with Crippen LogP contribution in [0.25, 0.3) is 22.5 Å². The number of phenols is 1. The van der Waals surface area contributed by atoms with Crippen LogP contribution in [-0.4, -0.2) is 37.5 Å². The molecule has 1 aliphatic carbocycles. The average molecular weight is 380 g/mol. The van der Waals surface area contributed by atoms with Gasteiger partial charge in [0.15, 0.2) is 0 Å². The summed E-state index contributed by atoms with van der Waals surface area (Å²) in [7, 11) is 0. The minimum Gasteiger partial charge on any atom is -0.507 e. The molecule has 1 aliphatic rings. The summed E-state index contributed by atoms with van der Waals surface area (Å²) < 4.78 is 19.6. The predicted molar refractivity (Wildman–Crippen MR) is 103 cm³/mol. The molecule has 0 saturated heterocycles. The van der Waals surface area contributed by atoms with Gasteiger partial charge in [-0.25, -0.2) is 9.37 Å². The summed E-state index contributed by atoms with van der Waals surface area (Å²) in [6.45, 7) is 1.86. The second-order valence-corrected chi connectivity index (χ2v) is 6.99. The van der Waals surface area contributed by atoms with Crippen LogP contribution in [0.15, 0.2) is 42.7 Å². The van der Waals surface area contributed by atoms with Crippen LogP contribution in [0.1, 0.15) is 31.4 Å². The second kappa shape index (κ2) is 7.88. The molecule has 0 radical (unpaired) electrons. The van der Waals surface area contributed by atoms with Gasteiger partial charge in [0, 0.05) is 23.4 Å². The highest BCUT2D eigenvalue weighted by Crippen LogP contribution is 2.32. The number of hydrogen-bond acceptors (Lipinski definition) is 6. The Balaban J connectivity index is 1.52. The van der Waals surface area contributed by atoms with Crippen LogP contribution in [0, 0.1) is 6.92 Å². The van der Waals surface area contributed by atoms with Crippen molar-refractivity contribution in [1.82, 2.24) is 20.2 Å². The quantitative estimate of drug-likeness (QED) is 0.728. The van der Waals surface area contributed by atoms with Crippen molar-refractivity contribution in [1.29, 1.82) is 0 Å². The zero-order chi connectivity index (χ0) is 19.5. The van der Waals surface area contributed by atoms with Gasteiger partial charge in [-0.05, 0) is 44.4 Å². The number of aromatic hydroxyl groups is 1. The van der Waals surface area contributed by atoms with Gasteiger partial charge in [0.25, 0.3) is 0 Å². The first-order chi connectivity index (χ1) is 13.6. The van der Waals surface area contributed by atoms with Crippen molar-refractivity contribution >= 4 is 0 Å². The van der Waals surface area contributed by atoms with Crippen molar-refractivity contribution in [3.05, 3.63) is 48.4 Å². The first kappa shape index (κ1) is 18.3. The van der Waals surface area contributed by atoms with Crippen molar-refractivity contribution < 1.29 is 14.2 Å². The molecule has 0 spiro atoms. The Morgan fingerprint density at radius 1 is 1.04 bits per heavy atom. The molecule has 2 atom stereocenters. The van der Waals surface area contributed by atoms with Gasteiger partial charge in [-0.2, -0.15) is 0 Å². The Morgan fingerprint density at radius 2 is 1.89 bits per heavy atom. The molecule has 0 unspecified atom stereocenters. The van der Waals surface area contributed by atoms with Crippen molar-refractivity contribution in [3.8, 4) is 34.1 Å². The number of alkyl halides is 1. The van der Waals surface area contributed by atoms with Gasteiger partial charge in [0.1, 0.15) is 18.0 Å². The lowest BCUT2D eigenvalue weighted by Gasteiger charge is -2.25. The zero-order valence-corrected chi connectivity index (χ0v) is 15.5. The standard InChI is InChI=1S/C21H21FN4O2/c1-13-11-23-12-18(24-13)14-6-7-15(19(27)10-14)17-8-9-21(26-25-17)28-20-5-3-2-4-16(20)22/h6-12,16,20,27H,2-5H2,1H3/t16-,20+/m0/s1. The van der Waals surface area contributed by atoms with Crippen molar-refractivity contribution in [3.63, 3.8) is 0 Å². The maximum atomic E-state index is 13.9. The van der Waals surface area contributed by atoms with E-state index in [0.717, 1.165) is 24.1 Å². The lowest BCUT2D eigenvalue weighted by Crippen LogP contribution is -2.32. The van der Waals surface area contributed by atoms with Crippen molar-refractivity contribution in [2.45, 2.75) is 44.9 Å². The summed E-state index contributed by atoms with van der Waals surface area (Å²) >= 11 is 0. The molecule has 2 aromatic heterocycles. The summed E-state index contributed by atoms with van der Waals surface area (Å²) in [5.74, 6) is 0.365. The SMILES string of the molecule is Cc1cncc(-c2ccc(-c3ccc(O[C@@H]4CCCC[C@@H]4F)nn3)c(O)c2)n1. The maximum absolute atomic E-state index is 13.9. The number of nitrogens with zero attached hydrogens (tertiary/aromatic N) is 4. The fraction of sp³-hybridized carbons (Fsp3) is 0.333. The van der Waals surface area contributed by atoms with Crippen LogP contribution >= 0.6 is 0 Å². The molecule has 144 valence electrons. The molecule has 1 aromatic carbocycles. The molecular weight excluding hydrogens is 359 g/mol. The van der Waals surface area contributed by atoms with Crippen molar-refractivity contribution in [2.75, 3.05) is 0 Å². The van der Waals surface area contributed by atoms with E-state index in [1.165, 1.54) is 0 Å². The Kier molecular flexibility index (Phi) is 5.14. The summed E-state index contributed by atoms with van der Waals surface area (Å²) in [6.07, 6.45) is 4.98. The summed E-state index contributed by atoms with van der Waals surface area (Å²) in [5.41, 5.74) is 3.30. The minimum atomic E-state index is -0.962. The highest BCUT2D eigenvalue weighted by atomic mass is 19.1. The number of halogens is 1. The highest BCUT2D eigenvalue weighted by Gasteiger charge is 2.26. The molecule has 6 nitrogen and oxygen atoms in total. The number of rotatable bonds is 4. The molecular formula is C21H21FN4O2. The Labute approximate surface area is 162 Å². The summed E-state index contributed by atoms with van der Waals surface area (Å²) in [6, 6.07) is 8.60. The van der Waals surface area contributed by atoms with Gasteiger partial charge in [-0.15, -0.1) is 10.2 Å². The molecule has 4 rings (SSSR count). The van der Waals surface area contributed by atoms with Crippen LogP contribution < -0.4 is 4.74 Å². The molecule has 3 aromatic rings. The smallest absolute Gasteiger partial charge is 0.233 e. The fourth-order valence-electron chi connectivity index (χ4n) is 3.38. The van der Waals surface area contributed by atoms with Crippen LogP contribution in [0.5, 0.6) is 11.6 Å². The Morgan fingerprint density at radius 3 is 2.61 bits per heavy atom. The third-order valence-corrected chi connectivity index (χ3v) is 4.86. The summed E-state index contributed by atoms with van der Waals surface area (Å²) in [5, 5.41) is 18.6. The summed E-state index contributed by atoms with van der Waals surface area (Å²) in [4.78, 5) is 8.54. The molecule has 1 saturated carbocycles. The number of phenolic OH excluding ortho intramolecular Hbond substituents is 1. The van der Waals surface area contributed by atoms with Gasteiger partial charge in [-0.3, -0.25) is 4.98 Å². The van der Waals surface area contributed by atoms with Gasteiger partial charge in [-0.1, -0.05) is 12.5 Å². The van der Waals surface area contributed by atoms with Crippen LogP contribution in [-0.2, 0) is 0 Å². The van der Waals surface area contributed by atoms with E-state index >= 15 is 0 Å². The van der Waals surface area contributed by atoms with Crippen molar-refractivity contribution in [2.24, 2.45) is 0 Å². The minimum absolute atomic E-state index is 0.0693. The van der Waals surface area contributed by atoms with E-state index in [2.05, 4.69) is 20.2 Å². The Hall–Kier alpha value is -3.09. The van der Waals surface area contributed by atoms with Crippen LogP contribution in [0.4, 0.5) is 4.39 Å². The van der Waals surface area contributed by atoms with E-state index in [-0.39, 0.29) is 5.75 Å². The average Bonchev–Trinajstić information content (AvgIpc) is 2.70. The molecule has 28 heavy (non-hydrogen) atoms. The lowest BCUT2D eigenvalue weighted by molar-refractivity contribution is 0.0594. The molecule has 0 amide bonds. The highest BCUT2D eigenvalue weighted by molar-refractivity contribution is 5.72. The van der Waals surface area contributed by atoms with Crippen LogP contribution in [0.3, 0.4) is 0 Å². The van der Waals surface area contributed by atoms with E-state index in [1.54, 1.807) is 36.7 Å². The normalized spacial score (nSPS) is 19.4. The number of benzene rings is 1. The monoisotopic (exact) mass is 380 g/mol. The largest absolute Gasteiger partial charge is 0.507 e. The van der Waals surface area contributed by atoms with E-state index < -0.39 is 12.3 Å². The predicted octanol–water partition coefficient (Wildman–Crippen LogP) is 4.27. The first-order valence-electron chi connectivity index (χ1n) is 9.37. The van der Waals surface area contributed by atoms with E-state index in [9.17, 15) is 9.50 Å². The van der Waals surface area contributed by atoms with Gasteiger partial charge < -0.3 is 9.84 Å². The second-order valence-electron chi connectivity index (χ2n) is 6.99. The number of aryl methyl sites for hydroxylation is 1.